The largest absolute Gasteiger partial charge is 0.497 e. The summed E-state index contributed by atoms with van der Waals surface area (Å²) in [5.74, 6) is 0.314. The fourth-order valence-electron chi connectivity index (χ4n) is 3.62. The number of hydrogen-bond donors (Lipinski definition) is 1. The highest BCUT2D eigenvalue weighted by molar-refractivity contribution is 7.90. The molecule has 2 aromatic carbocycles. The molecule has 1 heterocycles. The van der Waals surface area contributed by atoms with Gasteiger partial charge in [0.25, 0.3) is 0 Å². The number of sulfonamides is 2. The van der Waals surface area contributed by atoms with Crippen LogP contribution in [0.4, 0.5) is 0 Å². The van der Waals surface area contributed by atoms with Crippen LogP contribution in [0.2, 0.25) is 0 Å². The monoisotopic (exact) mass is 481 g/mol. The van der Waals surface area contributed by atoms with E-state index in [0.29, 0.717) is 44.8 Å². The summed E-state index contributed by atoms with van der Waals surface area (Å²) in [4.78, 5) is 0.123. The second-order valence-corrected chi connectivity index (χ2v) is 11.7. The van der Waals surface area contributed by atoms with Gasteiger partial charge in [-0.2, -0.15) is 8.61 Å². The van der Waals surface area contributed by atoms with Crippen molar-refractivity contribution >= 4 is 20.0 Å². The Bertz CT molecular complexity index is 1050. The van der Waals surface area contributed by atoms with Gasteiger partial charge in [0.2, 0.25) is 20.0 Å². The molecular weight excluding hydrogens is 450 g/mol. The molecule has 1 saturated heterocycles. The van der Waals surface area contributed by atoms with Crippen molar-refractivity contribution in [3.05, 3.63) is 60.2 Å². The summed E-state index contributed by atoms with van der Waals surface area (Å²) in [6.45, 7) is 2.16. The number of aryl methyl sites for hydroxylation is 1. The minimum atomic E-state index is -3.85. The molecule has 3 rings (SSSR count). The van der Waals surface area contributed by atoms with Crippen molar-refractivity contribution in [1.82, 2.24) is 13.9 Å². The van der Waals surface area contributed by atoms with Gasteiger partial charge in [0.15, 0.2) is 0 Å². The van der Waals surface area contributed by atoms with E-state index in [1.54, 1.807) is 12.1 Å². The van der Waals surface area contributed by atoms with E-state index in [2.05, 4.69) is 5.32 Å². The van der Waals surface area contributed by atoms with Gasteiger partial charge in [-0.1, -0.05) is 30.3 Å². The van der Waals surface area contributed by atoms with Crippen LogP contribution in [0.15, 0.2) is 59.5 Å². The first kappa shape index (κ1) is 24.7. The SMILES string of the molecule is COc1ccc(S(=O)(=O)N(CCCc2ccccc2)CCS(=O)(=O)N2CCNCC2)cc1. The maximum Gasteiger partial charge on any atom is 0.243 e. The van der Waals surface area contributed by atoms with Gasteiger partial charge in [0.1, 0.15) is 5.75 Å². The van der Waals surface area contributed by atoms with Crippen molar-refractivity contribution in [3.63, 3.8) is 0 Å². The highest BCUT2D eigenvalue weighted by atomic mass is 32.2. The molecule has 0 amide bonds. The lowest BCUT2D eigenvalue weighted by atomic mass is 10.1. The van der Waals surface area contributed by atoms with E-state index in [1.165, 1.54) is 27.9 Å². The number of piperazine rings is 1. The van der Waals surface area contributed by atoms with Crippen molar-refractivity contribution in [3.8, 4) is 5.75 Å². The summed E-state index contributed by atoms with van der Waals surface area (Å²) >= 11 is 0. The molecule has 1 fully saturated rings. The van der Waals surface area contributed by atoms with Crippen molar-refractivity contribution in [2.75, 3.05) is 52.1 Å². The fourth-order valence-corrected chi connectivity index (χ4v) is 6.66. The van der Waals surface area contributed by atoms with Crippen molar-refractivity contribution in [1.29, 1.82) is 0 Å². The van der Waals surface area contributed by atoms with Gasteiger partial charge in [-0.3, -0.25) is 0 Å². The van der Waals surface area contributed by atoms with Gasteiger partial charge in [-0.25, -0.2) is 16.8 Å². The highest BCUT2D eigenvalue weighted by Gasteiger charge is 2.29. The Balaban J connectivity index is 1.74. The molecule has 8 nitrogen and oxygen atoms in total. The molecule has 0 bridgehead atoms. The van der Waals surface area contributed by atoms with Gasteiger partial charge in [-0.05, 0) is 42.7 Å². The van der Waals surface area contributed by atoms with Gasteiger partial charge in [0, 0.05) is 39.3 Å². The molecule has 0 aromatic heterocycles. The molecule has 0 radical (unpaired) electrons. The topological polar surface area (TPSA) is 96.0 Å². The standard InChI is InChI=1S/C22H31N3O5S2/c1-30-21-9-11-22(12-10-21)32(28,29)25(15-5-8-20-6-3-2-4-7-20)18-19-31(26,27)24-16-13-23-14-17-24/h2-4,6-7,9-12,23H,5,8,13-19H2,1H3. The van der Waals surface area contributed by atoms with Gasteiger partial charge < -0.3 is 10.1 Å². The zero-order valence-corrected chi connectivity index (χ0v) is 19.9. The Labute approximate surface area is 191 Å². The molecule has 0 saturated carbocycles. The predicted molar refractivity (Wildman–Crippen MR) is 125 cm³/mol. The van der Waals surface area contributed by atoms with Gasteiger partial charge >= 0.3 is 0 Å². The van der Waals surface area contributed by atoms with E-state index in [1.807, 2.05) is 30.3 Å². The van der Waals surface area contributed by atoms with Crippen LogP contribution in [0.1, 0.15) is 12.0 Å². The lowest BCUT2D eigenvalue weighted by Gasteiger charge is -2.28. The summed E-state index contributed by atoms with van der Waals surface area (Å²) in [5.41, 5.74) is 1.11. The summed E-state index contributed by atoms with van der Waals surface area (Å²) in [7, 11) is -5.88. The van der Waals surface area contributed by atoms with Crippen molar-refractivity contribution < 1.29 is 21.6 Å². The van der Waals surface area contributed by atoms with Crippen LogP contribution in [0.3, 0.4) is 0 Å². The van der Waals surface area contributed by atoms with Crippen LogP contribution in [0.25, 0.3) is 0 Å². The third kappa shape index (κ3) is 6.52. The third-order valence-corrected chi connectivity index (χ3v) is 9.24. The minimum Gasteiger partial charge on any atom is -0.497 e. The molecular formula is C22H31N3O5S2. The third-order valence-electron chi connectivity index (χ3n) is 5.48. The maximum absolute atomic E-state index is 13.3. The number of rotatable bonds is 11. The Hall–Kier alpha value is -1.98. The maximum atomic E-state index is 13.3. The summed E-state index contributed by atoms with van der Waals surface area (Å²) in [6, 6.07) is 16.0. The molecule has 0 atom stereocenters. The van der Waals surface area contributed by atoms with E-state index in [-0.39, 0.29) is 23.7 Å². The van der Waals surface area contributed by atoms with Crippen molar-refractivity contribution in [2.45, 2.75) is 17.7 Å². The number of ether oxygens (including phenoxy) is 1. The molecule has 0 spiro atoms. The molecule has 0 unspecified atom stereocenters. The number of nitrogens with one attached hydrogen (secondary N) is 1. The number of nitrogens with zero attached hydrogens (tertiary/aromatic N) is 2. The lowest BCUT2D eigenvalue weighted by molar-refractivity contribution is 0.355. The molecule has 1 aliphatic rings. The molecule has 10 heteroatoms. The minimum absolute atomic E-state index is 0.0879. The number of hydrogen-bond acceptors (Lipinski definition) is 6. The summed E-state index contributed by atoms with van der Waals surface area (Å²) in [6.07, 6.45) is 1.30. The van der Waals surface area contributed by atoms with Gasteiger partial charge in [0.05, 0.1) is 17.8 Å². The van der Waals surface area contributed by atoms with Crippen LogP contribution in [-0.4, -0.2) is 77.6 Å². The number of benzene rings is 2. The highest BCUT2D eigenvalue weighted by Crippen LogP contribution is 2.20. The fraction of sp³-hybridized carbons (Fsp3) is 0.455. The van der Waals surface area contributed by atoms with Crippen molar-refractivity contribution in [2.24, 2.45) is 0 Å². The Morgan fingerprint density at radius 1 is 0.938 bits per heavy atom. The Morgan fingerprint density at radius 3 is 2.22 bits per heavy atom. The van der Waals surface area contributed by atoms with Gasteiger partial charge in [-0.15, -0.1) is 0 Å². The molecule has 2 aromatic rings. The van der Waals surface area contributed by atoms with Crippen LogP contribution in [0.5, 0.6) is 5.75 Å². The van der Waals surface area contributed by atoms with Crippen LogP contribution in [-0.2, 0) is 26.5 Å². The number of methoxy groups -OCH3 is 1. The zero-order valence-electron chi connectivity index (χ0n) is 18.3. The quantitative estimate of drug-likeness (QED) is 0.523. The predicted octanol–water partition coefficient (Wildman–Crippen LogP) is 1.55. The zero-order chi connectivity index (χ0) is 23.0. The average molecular weight is 482 g/mol. The Morgan fingerprint density at radius 2 is 1.59 bits per heavy atom. The first-order valence-electron chi connectivity index (χ1n) is 10.7. The molecule has 1 N–H and O–H groups in total. The second kappa shape index (κ2) is 11.2. The molecule has 176 valence electrons. The summed E-state index contributed by atoms with van der Waals surface area (Å²) in [5, 5.41) is 3.13. The normalized spacial score (nSPS) is 15.7. The second-order valence-electron chi connectivity index (χ2n) is 7.63. The van der Waals surface area contributed by atoms with Crippen LogP contribution in [0, 0.1) is 0 Å². The first-order valence-corrected chi connectivity index (χ1v) is 13.7. The van der Waals surface area contributed by atoms with E-state index in [0.717, 1.165) is 5.56 Å². The van der Waals surface area contributed by atoms with E-state index in [4.69, 9.17) is 4.74 Å². The van der Waals surface area contributed by atoms with E-state index in [9.17, 15) is 16.8 Å². The molecule has 1 aliphatic heterocycles. The summed E-state index contributed by atoms with van der Waals surface area (Å²) < 4.78 is 60.1. The average Bonchev–Trinajstić information content (AvgIpc) is 2.82. The van der Waals surface area contributed by atoms with Crippen LogP contribution >= 0.6 is 0 Å². The van der Waals surface area contributed by atoms with E-state index >= 15 is 0 Å². The Kier molecular flexibility index (Phi) is 8.66. The molecule has 32 heavy (non-hydrogen) atoms. The first-order chi connectivity index (χ1) is 15.3. The smallest absolute Gasteiger partial charge is 0.243 e. The van der Waals surface area contributed by atoms with Crippen LogP contribution < -0.4 is 10.1 Å². The lowest BCUT2D eigenvalue weighted by Crippen LogP contribution is -2.48. The molecule has 0 aliphatic carbocycles. The van der Waals surface area contributed by atoms with E-state index < -0.39 is 20.0 Å².